The number of guanidine groups is 1. The Balaban J connectivity index is 3.07. The van der Waals surface area contributed by atoms with Gasteiger partial charge in [-0.1, -0.05) is 0 Å². The van der Waals surface area contributed by atoms with Crippen LogP contribution in [0.1, 0.15) is 25.5 Å². The molecule has 1 rings (SSSR count). The van der Waals surface area contributed by atoms with Crippen molar-refractivity contribution in [2.45, 2.75) is 56.5 Å². The van der Waals surface area contributed by atoms with Crippen LogP contribution in [0.2, 0.25) is 0 Å². The summed E-state index contributed by atoms with van der Waals surface area (Å²) in [5, 5.41) is 26.2. The van der Waals surface area contributed by atoms with Crippen LogP contribution in [0.4, 0.5) is 0 Å². The molecule has 0 fully saturated rings. The standard InChI is InChI=1S/C19H33N9O6S/c1-9(29)14(18(33)34)28-16(31)12(3-2-4-24-19(21)22)26-17(32)13(5-10-6-23-8-25-10)27-15(30)11(20)7-35/h6,8-9,11-14,29,35H,2-5,7,20H2,1H3,(H,23,25)(H,26,32)(H,27,30)(H,28,31)(H,33,34)(H4,21,22,24). The molecule has 0 aliphatic carbocycles. The Morgan fingerprint density at radius 2 is 1.77 bits per heavy atom. The number of carbonyl (C=O) groups excluding carboxylic acids is 3. The number of amides is 3. The van der Waals surface area contributed by atoms with Crippen LogP contribution >= 0.6 is 12.6 Å². The third-order valence-electron chi connectivity index (χ3n) is 4.77. The molecule has 1 heterocycles. The average molecular weight is 516 g/mol. The zero-order valence-corrected chi connectivity index (χ0v) is 20.1. The highest BCUT2D eigenvalue weighted by Gasteiger charge is 2.31. The van der Waals surface area contributed by atoms with Gasteiger partial charge in [-0.2, -0.15) is 12.6 Å². The van der Waals surface area contributed by atoms with Crippen LogP contribution in [0.3, 0.4) is 0 Å². The Hall–Kier alpha value is -3.37. The fourth-order valence-corrected chi connectivity index (χ4v) is 3.04. The van der Waals surface area contributed by atoms with E-state index in [1.807, 2.05) is 0 Å². The largest absolute Gasteiger partial charge is 0.480 e. The number of aliphatic carboxylic acids is 1. The summed E-state index contributed by atoms with van der Waals surface area (Å²) in [7, 11) is 0. The Morgan fingerprint density at radius 3 is 2.29 bits per heavy atom. The molecule has 0 bridgehead atoms. The van der Waals surface area contributed by atoms with E-state index in [0.29, 0.717) is 5.69 Å². The van der Waals surface area contributed by atoms with E-state index in [1.165, 1.54) is 19.4 Å². The highest BCUT2D eigenvalue weighted by Crippen LogP contribution is 2.05. The van der Waals surface area contributed by atoms with Gasteiger partial charge in [-0.25, -0.2) is 9.78 Å². The monoisotopic (exact) mass is 515 g/mol. The van der Waals surface area contributed by atoms with E-state index >= 15 is 0 Å². The van der Waals surface area contributed by atoms with Gasteiger partial charge >= 0.3 is 5.97 Å². The molecule has 0 aliphatic rings. The number of nitrogens with zero attached hydrogens (tertiary/aromatic N) is 2. The molecule has 15 nitrogen and oxygen atoms in total. The number of hydrogen-bond acceptors (Lipinski definition) is 9. The number of aliphatic imine (C=N–C) groups is 1. The van der Waals surface area contributed by atoms with E-state index in [2.05, 4.69) is 43.5 Å². The first-order chi connectivity index (χ1) is 16.5. The zero-order chi connectivity index (χ0) is 26.5. The van der Waals surface area contributed by atoms with Crippen molar-refractivity contribution >= 4 is 42.3 Å². The van der Waals surface area contributed by atoms with Crippen molar-refractivity contribution in [1.29, 1.82) is 0 Å². The van der Waals surface area contributed by atoms with Crippen molar-refractivity contribution in [3.63, 3.8) is 0 Å². The first-order valence-corrected chi connectivity index (χ1v) is 11.3. The fourth-order valence-electron chi connectivity index (χ4n) is 2.87. The van der Waals surface area contributed by atoms with Crippen LogP contribution in [0, 0.1) is 0 Å². The molecule has 0 radical (unpaired) electrons. The van der Waals surface area contributed by atoms with Crippen LogP contribution in [-0.2, 0) is 25.6 Å². The summed E-state index contributed by atoms with van der Waals surface area (Å²) >= 11 is 3.97. The number of H-pyrrole nitrogens is 1. The first-order valence-electron chi connectivity index (χ1n) is 10.7. The topological polar surface area (TPSA) is 264 Å². The Labute approximate surface area is 207 Å². The summed E-state index contributed by atoms with van der Waals surface area (Å²) in [5.41, 5.74) is 16.8. The van der Waals surface area contributed by atoms with Crippen LogP contribution < -0.4 is 33.2 Å². The van der Waals surface area contributed by atoms with Gasteiger partial charge in [-0.3, -0.25) is 19.4 Å². The number of carboxylic acids is 1. The van der Waals surface area contributed by atoms with Crippen molar-refractivity contribution in [3.05, 3.63) is 18.2 Å². The summed E-state index contributed by atoms with van der Waals surface area (Å²) in [5.74, 6) is -3.79. The Bertz CT molecular complexity index is 876. The molecule has 1 aromatic rings. The number of hydrogen-bond donors (Lipinski definition) is 10. The molecule has 3 amide bonds. The third kappa shape index (κ3) is 10.6. The van der Waals surface area contributed by atoms with E-state index in [9.17, 15) is 29.4 Å². The van der Waals surface area contributed by atoms with Crippen LogP contribution in [-0.4, -0.2) is 92.4 Å². The number of nitrogens with one attached hydrogen (secondary N) is 4. The third-order valence-corrected chi connectivity index (χ3v) is 5.16. The quantitative estimate of drug-likeness (QED) is 0.0470. The van der Waals surface area contributed by atoms with Crippen LogP contribution in [0.5, 0.6) is 0 Å². The number of rotatable bonds is 15. The summed E-state index contributed by atoms with van der Waals surface area (Å²) in [4.78, 5) is 60.1. The van der Waals surface area contributed by atoms with Crippen molar-refractivity contribution in [3.8, 4) is 0 Å². The maximum atomic E-state index is 13.1. The molecule has 0 aromatic carbocycles. The fraction of sp³-hybridized carbons (Fsp3) is 0.579. The van der Waals surface area contributed by atoms with E-state index in [-0.39, 0.29) is 37.5 Å². The average Bonchev–Trinajstić information content (AvgIpc) is 3.30. The maximum Gasteiger partial charge on any atom is 0.328 e. The molecular formula is C19H33N9O6S. The molecule has 12 N–H and O–H groups in total. The predicted octanol–water partition coefficient (Wildman–Crippen LogP) is -3.82. The van der Waals surface area contributed by atoms with Gasteiger partial charge in [0, 0.05) is 30.6 Å². The first kappa shape index (κ1) is 29.7. The van der Waals surface area contributed by atoms with Gasteiger partial charge in [0.1, 0.15) is 12.1 Å². The Morgan fingerprint density at radius 1 is 1.14 bits per heavy atom. The van der Waals surface area contributed by atoms with Crippen molar-refractivity contribution in [2.24, 2.45) is 22.2 Å². The second kappa shape index (κ2) is 14.8. The predicted molar refractivity (Wildman–Crippen MR) is 129 cm³/mol. The molecular weight excluding hydrogens is 482 g/mol. The second-order valence-electron chi connectivity index (χ2n) is 7.71. The van der Waals surface area contributed by atoms with Crippen molar-refractivity contribution in [1.82, 2.24) is 25.9 Å². The summed E-state index contributed by atoms with van der Waals surface area (Å²) in [6.45, 7) is 1.35. The molecule has 16 heteroatoms. The molecule has 35 heavy (non-hydrogen) atoms. The molecule has 1 aromatic heterocycles. The number of aromatic nitrogens is 2. The molecule has 196 valence electrons. The zero-order valence-electron chi connectivity index (χ0n) is 19.2. The minimum absolute atomic E-state index is 0.00459. The number of aliphatic hydroxyl groups excluding tert-OH is 1. The van der Waals surface area contributed by atoms with Crippen LogP contribution in [0.25, 0.3) is 0 Å². The normalized spacial score (nSPS) is 15.1. The Kier molecular flexibility index (Phi) is 12.5. The van der Waals surface area contributed by atoms with Gasteiger partial charge < -0.3 is 48.3 Å². The van der Waals surface area contributed by atoms with Gasteiger partial charge in [-0.15, -0.1) is 0 Å². The maximum absolute atomic E-state index is 13.1. The molecule has 0 aliphatic heterocycles. The number of carbonyl (C=O) groups is 4. The number of thiol groups is 1. The van der Waals surface area contributed by atoms with Crippen LogP contribution in [0.15, 0.2) is 17.5 Å². The minimum atomic E-state index is -1.60. The molecule has 5 unspecified atom stereocenters. The SMILES string of the molecule is CC(O)C(NC(=O)C(CCCN=C(N)N)NC(=O)C(Cc1cnc[nH]1)NC(=O)C(N)CS)C(=O)O. The van der Waals surface area contributed by atoms with Gasteiger partial charge in [-0.05, 0) is 19.8 Å². The van der Waals surface area contributed by atoms with Gasteiger partial charge in [0.15, 0.2) is 12.0 Å². The highest BCUT2D eigenvalue weighted by molar-refractivity contribution is 7.80. The van der Waals surface area contributed by atoms with E-state index in [0.717, 1.165) is 0 Å². The molecule has 5 atom stereocenters. The lowest BCUT2D eigenvalue weighted by Gasteiger charge is -2.25. The van der Waals surface area contributed by atoms with E-state index in [1.54, 1.807) is 0 Å². The number of imidazole rings is 1. The van der Waals surface area contributed by atoms with Crippen molar-refractivity contribution < 1.29 is 29.4 Å². The lowest BCUT2D eigenvalue weighted by molar-refractivity contribution is -0.145. The lowest BCUT2D eigenvalue weighted by Crippen LogP contribution is -2.58. The number of aliphatic hydroxyl groups is 1. The smallest absolute Gasteiger partial charge is 0.328 e. The molecule has 0 saturated carbocycles. The number of carboxylic acid groups (broad SMARTS) is 1. The second-order valence-corrected chi connectivity index (χ2v) is 8.07. The number of aromatic amines is 1. The van der Waals surface area contributed by atoms with Gasteiger partial charge in [0.05, 0.1) is 18.5 Å². The lowest BCUT2D eigenvalue weighted by atomic mass is 10.1. The van der Waals surface area contributed by atoms with E-state index in [4.69, 9.17) is 17.2 Å². The molecule has 0 spiro atoms. The summed E-state index contributed by atoms with van der Waals surface area (Å²) in [6.07, 6.45) is 1.75. The van der Waals surface area contributed by atoms with Crippen molar-refractivity contribution in [2.75, 3.05) is 12.3 Å². The van der Waals surface area contributed by atoms with Gasteiger partial charge in [0.25, 0.3) is 0 Å². The summed E-state index contributed by atoms with van der Waals surface area (Å²) in [6, 6.07) is -4.95. The minimum Gasteiger partial charge on any atom is -0.480 e. The molecule has 0 saturated heterocycles. The summed E-state index contributed by atoms with van der Waals surface area (Å²) < 4.78 is 0. The number of nitrogens with two attached hydrogens (primary N) is 3. The highest BCUT2D eigenvalue weighted by atomic mass is 32.1. The van der Waals surface area contributed by atoms with Gasteiger partial charge in [0.2, 0.25) is 17.7 Å². The van der Waals surface area contributed by atoms with E-state index < -0.39 is 54.0 Å².